The van der Waals surface area contributed by atoms with Crippen LogP contribution in [0.5, 0.6) is 0 Å². The molecule has 1 heterocycles. The number of esters is 1. The van der Waals surface area contributed by atoms with Crippen LogP contribution in [0.15, 0.2) is 0 Å². The second-order valence-electron chi connectivity index (χ2n) is 5.61. The van der Waals surface area contributed by atoms with Crippen molar-refractivity contribution in [3.8, 4) is 0 Å². The molecule has 0 aromatic carbocycles. The van der Waals surface area contributed by atoms with E-state index in [0.29, 0.717) is 32.2 Å². The van der Waals surface area contributed by atoms with Crippen LogP contribution in [-0.2, 0) is 19.1 Å². The summed E-state index contributed by atoms with van der Waals surface area (Å²) in [5, 5.41) is 9.00. The lowest BCUT2D eigenvalue weighted by Crippen LogP contribution is -2.50. The van der Waals surface area contributed by atoms with Crippen LogP contribution in [0.3, 0.4) is 0 Å². The standard InChI is InChI=1S/C14H21NO5/c1-20-14(19)11-4-2-3-7-15(11)12(16)9-5-6-10(8-9)13(17)18/h9-11H,2-8H2,1H3,(H,17,18)/t9-,10+,11?/m1/s1. The minimum absolute atomic E-state index is 0.0798. The van der Waals surface area contributed by atoms with Crippen molar-refractivity contribution in [2.45, 2.75) is 44.6 Å². The van der Waals surface area contributed by atoms with E-state index in [1.807, 2.05) is 0 Å². The van der Waals surface area contributed by atoms with Crippen molar-refractivity contribution in [2.75, 3.05) is 13.7 Å². The molecule has 1 saturated carbocycles. The number of carbonyl (C=O) groups excluding carboxylic acids is 2. The van der Waals surface area contributed by atoms with Crippen LogP contribution in [0.4, 0.5) is 0 Å². The molecule has 3 atom stereocenters. The third kappa shape index (κ3) is 2.94. The fourth-order valence-corrected chi connectivity index (χ4v) is 3.24. The zero-order chi connectivity index (χ0) is 14.7. The van der Waals surface area contributed by atoms with E-state index < -0.39 is 17.9 Å². The molecule has 112 valence electrons. The number of ether oxygens (including phenoxy) is 1. The molecule has 1 N–H and O–H groups in total. The van der Waals surface area contributed by atoms with Crippen molar-refractivity contribution in [1.82, 2.24) is 4.90 Å². The van der Waals surface area contributed by atoms with Gasteiger partial charge in [-0.2, -0.15) is 0 Å². The average molecular weight is 283 g/mol. The van der Waals surface area contributed by atoms with Gasteiger partial charge in [-0.3, -0.25) is 9.59 Å². The molecule has 0 aromatic heterocycles. The maximum absolute atomic E-state index is 12.5. The highest BCUT2D eigenvalue weighted by molar-refractivity contribution is 5.86. The highest BCUT2D eigenvalue weighted by Gasteiger charge is 2.40. The molecule has 0 aromatic rings. The number of likely N-dealkylation sites (tertiary alicyclic amines) is 1. The van der Waals surface area contributed by atoms with Crippen molar-refractivity contribution in [1.29, 1.82) is 0 Å². The van der Waals surface area contributed by atoms with Crippen molar-refractivity contribution < 1.29 is 24.2 Å². The van der Waals surface area contributed by atoms with Crippen LogP contribution >= 0.6 is 0 Å². The van der Waals surface area contributed by atoms with Gasteiger partial charge in [0.05, 0.1) is 13.0 Å². The molecule has 1 saturated heterocycles. The first kappa shape index (κ1) is 14.8. The Morgan fingerprint density at radius 3 is 2.40 bits per heavy atom. The molecular formula is C14H21NO5. The first-order valence-electron chi connectivity index (χ1n) is 7.15. The van der Waals surface area contributed by atoms with Gasteiger partial charge >= 0.3 is 11.9 Å². The molecule has 0 radical (unpaired) electrons. The number of carbonyl (C=O) groups is 3. The van der Waals surface area contributed by atoms with Crippen molar-refractivity contribution in [3.05, 3.63) is 0 Å². The van der Waals surface area contributed by atoms with Gasteiger partial charge in [-0.15, -0.1) is 0 Å². The van der Waals surface area contributed by atoms with Crippen LogP contribution < -0.4 is 0 Å². The molecular weight excluding hydrogens is 262 g/mol. The predicted molar refractivity (Wildman–Crippen MR) is 69.8 cm³/mol. The number of carboxylic acids is 1. The maximum Gasteiger partial charge on any atom is 0.328 e. The van der Waals surface area contributed by atoms with Gasteiger partial charge in [-0.05, 0) is 38.5 Å². The van der Waals surface area contributed by atoms with E-state index in [0.717, 1.165) is 12.8 Å². The van der Waals surface area contributed by atoms with Crippen molar-refractivity contribution >= 4 is 17.8 Å². The highest BCUT2D eigenvalue weighted by atomic mass is 16.5. The number of methoxy groups -OCH3 is 1. The van der Waals surface area contributed by atoms with E-state index in [2.05, 4.69) is 0 Å². The number of piperidine rings is 1. The van der Waals surface area contributed by atoms with Crippen molar-refractivity contribution in [3.63, 3.8) is 0 Å². The quantitative estimate of drug-likeness (QED) is 0.782. The number of nitrogens with zero attached hydrogens (tertiary/aromatic N) is 1. The molecule has 20 heavy (non-hydrogen) atoms. The molecule has 0 spiro atoms. The van der Waals surface area contributed by atoms with E-state index in [1.54, 1.807) is 4.90 Å². The molecule has 1 unspecified atom stereocenters. The van der Waals surface area contributed by atoms with Crippen LogP contribution in [-0.4, -0.2) is 47.5 Å². The Labute approximate surface area is 118 Å². The number of carboxylic acid groups (broad SMARTS) is 1. The molecule has 0 bridgehead atoms. The summed E-state index contributed by atoms with van der Waals surface area (Å²) in [6.07, 6.45) is 3.95. The summed E-state index contributed by atoms with van der Waals surface area (Å²) in [6, 6.07) is -0.495. The zero-order valence-electron chi connectivity index (χ0n) is 11.7. The Morgan fingerprint density at radius 2 is 1.80 bits per heavy atom. The van der Waals surface area contributed by atoms with Gasteiger partial charge < -0.3 is 14.7 Å². The molecule has 6 nitrogen and oxygen atoms in total. The smallest absolute Gasteiger partial charge is 0.328 e. The Balaban J connectivity index is 2.03. The van der Waals surface area contributed by atoms with E-state index in [1.165, 1.54) is 7.11 Å². The topological polar surface area (TPSA) is 83.9 Å². The number of rotatable bonds is 3. The lowest BCUT2D eigenvalue weighted by molar-refractivity contribution is -0.156. The van der Waals surface area contributed by atoms with Gasteiger partial charge in [0.1, 0.15) is 6.04 Å². The third-order valence-electron chi connectivity index (χ3n) is 4.39. The minimum atomic E-state index is -0.830. The summed E-state index contributed by atoms with van der Waals surface area (Å²) in [5.74, 6) is -1.97. The molecule has 1 aliphatic heterocycles. The lowest BCUT2D eigenvalue weighted by atomic mass is 9.97. The molecule has 2 fully saturated rings. The summed E-state index contributed by atoms with van der Waals surface area (Å²) in [4.78, 5) is 36.9. The van der Waals surface area contributed by atoms with Crippen LogP contribution in [0.25, 0.3) is 0 Å². The summed E-state index contributed by atoms with van der Waals surface area (Å²) < 4.78 is 4.77. The van der Waals surface area contributed by atoms with Crippen LogP contribution in [0, 0.1) is 11.8 Å². The van der Waals surface area contributed by atoms with E-state index in [9.17, 15) is 14.4 Å². The number of amides is 1. The minimum Gasteiger partial charge on any atom is -0.481 e. The predicted octanol–water partition coefficient (Wildman–Crippen LogP) is 1.04. The van der Waals surface area contributed by atoms with Gasteiger partial charge in [-0.1, -0.05) is 0 Å². The average Bonchev–Trinajstić information content (AvgIpc) is 2.95. The normalized spacial score (nSPS) is 30.1. The highest BCUT2D eigenvalue weighted by Crippen LogP contribution is 2.34. The summed E-state index contributed by atoms with van der Waals surface area (Å²) in [5.41, 5.74) is 0. The molecule has 2 aliphatic rings. The Bertz CT molecular complexity index is 408. The molecule has 1 aliphatic carbocycles. The second-order valence-corrected chi connectivity index (χ2v) is 5.61. The molecule has 2 rings (SSSR count). The molecule has 1 amide bonds. The maximum atomic E-state index is 12.5. The fraction of sp³-hybridized carbons (Fsp3) is 0.786. The van der Waals surface area contributed by atoms with Gasteiger partial charge in [0.2, 0.25) is 5.91 Å². The van der Waals surface area contributed by atoms with Gasteiger partial charge in [-0.25, -0.2) is 4.79 Å². The number of hydrogen-bond acceptors (Lipinski definition) is 4. The third-order valence-corrected chi connectivity index (χ3v) is 4.39. The largest absolute Gasteiger partial charge is 0.481 e. The van der Waals surface area contributed by atoms with E-state index in [-0.39, 0.29) is 17.8 Å². The Hall–Kier alpha value is -1.59. The Morgan fingerprint density at radius 1 is 1.10 bits per heavy atom. The van der Waals surface area contributed by atoms with Gasteiger partial charge in [0.25, 0.3) is 0 Å². The summed E-state index contributed by atoms with van der Waals surface area (Å²) in [6.45, 7) is 0.562. The van der Waals surface area contributed by atoms with Gasteiger partial charge in [0, 0.05) is 12.5 Å². The van der Waals surface area contributed by atoms with E-state index in [4.69, 9.17) is 9.84 Å². The first-order chi connectivity index (χ1) is 9.54. The summed E-state index contributed by atoms with van der Waals surface area (Å²) in [7, 11) is 1.33. The summed E-state index contributed by atoms with van der Waals surface area (Å²) >= 11 is 0. The number of hydrogen-bond donors (Lipinski definition) is 1. The monoisotopic (exact) mass is 283 g/mol. The van der Waals surface area contributed by atoms with Crippen LogP contribution in [0.2, 0.25) is 0 Å². The SMILES string of the molecule is COC(=O)C1CCCCN1C(=O)[C@@H]1CC[C@H](C(=O)O)C1. The van der Waals surface area contributed by atoms with Crippen molar-refractivity contribution in [2.24, 2.45) is 11.8 Å². The van der Waals surface area contributed by atoms with E-state index >= 15 is 0 Å². The Kier molecular flexibility index (Phi) is 4.62. The van der Waals surface area contributed by atoms with Gasteiger partial charge in [0.15, 0.2) is 0 Å². The van der Waals surface area contributed by atoms with Crippen LogP contribution in [0.1, 0.15) is 38.5 Å². The second kappa shape index (κ2) is 6.24. The first-order valence-corrected chi connectivity index (χ1v) is 7.15. The molecule has 6 heteroatoms. The zero-order valence-corrected chi connectivity index (χ0v) is 11.7. The number of aliphatic carboxylic acids is 1. The fourth-order valence-electron chi connectivity index (χ4n) is 3.24. The lowest BCUT2D eigenvalue weighted by Gasteiger charge is -2.35.